The molecule has 0 fully saturated rings. The van der Waals surface area contributed by atoms with Crippen molar-refractivity contribution in [2.45, 2.75) is 12.8 Å². The fourth-order valence-corrected chi connectivity index (χ4v) is 0.677. The number of amides is 1. The number of rotatable bonds is 5. The predicted octanol–water partition coefficient (Wildman–Crippen LogP) is -0.0320. The summed E-state index contributed by atoms with van der Waals surface area (Å²) in [4.78, 5) is 12.9. The van der Waals surface area contributed by atoms with Crippen LogP contribution in [-0.2, 0) is 4.79 Å². The molecular formula is C8H15N3O. The third-order valence-electron chi connectivity index (χ3n) is 1.35. The third-order valence-corrected chi connectivity index (χ3v) is 1.35. The first-order chi connectivity index (χ1) is 5.66. The Hall–Kier alpha value is -1.08. The van der Waals surface area contributed by atoms with Crippen molar-refractivity contribution in [2.75, 3.05) is 27.2 Å². The van der Waals surface area contributed by atoms with Crippen LogP contribution in [0, 0.1) is 11.3 Å². The maximum absolute atomic E-state index is 10.9. The summed E-state index contributed by atoms with van der Waals surface area (Å²) in [6.45, 7) is 1.48. The Bertz CT molecular complexity index is 172. The van der Waals surface area contributed by atoms with Gasteiger partial charge in [-0.15, -0.1) is 0 Å². The second kappa shape index (κ2) is 6.62. The lowest BCUT2D eigenvalue weighted by atomic mass is 10.3. The van der Waals surface area contributed by atoms with Gasteiger partial charge in [0.05, 0.1) is 6.07 Å². The van der Waals surface area contributed by atoms with Crippen molar-refractivity contribution in [3.8, 4) is 6.07 Å². The lowest BCUT2D eigenvalue weighted by molar-refractivity contribution is -0.121. The van der Waals surface area contributed by atoms with Gasteiger partial charge < -0.3 is 10.2 Å². The molecule has 0 radical (unpaired) electrons. The molecule has 0 atom stereocenters. The molecule has 0 aliphatic heterocycles. The van der Waals surface area contributed by atoms with Crippen molar-refractivity contribution < 1.29 is 4.79 Å². The number of nitriles is 1. The van der Waals surface area contributed by atoms with Crippen LogP contribution in [0.5, 0.6) is 0 Å². The molecule has 12 heavy (non-hydrogen) atoms. The second-order valence-corrected chi connectivity index (χ2v) is 2.81. The highest BCUT2D eigenvalue weighted by molar-refractivity contribution is 5.76. The average molecular weight is 169 g/mol. The van der Waals surface area contributed by atoms with E-state index < -0.39 is 0 Å². The summed E-state index contributed by atoms with van der Waals surface area (Å²) in [6, 6.07) is 1.93. The monoisotopic (exact) mass is 169 g/mol. The van der Waals surface area contributed by atoms with E-state index in [1.165, 1.54) is 0 Å². The number of nitrogens with one attached hydrogen (secondary N) is 1. The molecule has 0 aliphatic carbocycles. The first-order valence-electron chi connectivity index (χ1n) is 3.95. The molecule has 0 aliphatic rings. The highest BCUT2D eigenvalue weighted by atomic mass is 16.1. The molecule has 0 saturated heterocycles. The summed E-state index contributed by atoms with van der Waals surface area (Å²) < 4.78 is 0. The van der Waals surface area contributed by atoms with Crippen molar-refractivity contribution >= 4 is 5.91 Å². The molecule has 0 aromatic carbocycles. The van der Waals surface area contributed by atoms with E-state index in [2.05, 4.69) is 5.32 Å². The predicted molar refractivity (Wildman–Crippen MR) is 46.4 cm³/mol. The van der Waals surface area contributed by atoms with Gasteiger partial charge in [-0.2, -0.15) is 5.26 Å². The zero-order valence-electron chi connectivity index (χ0n) is 7.63. The van der Waals surface area contributed by atoms with Crippen molar-refractivity contribution in [3.63, 3.8) is 0 Å². The van der Waals surface area contributed by atoms with Crippen LogP contribution in [0.1, 0.15) is 12.8 Å². The number of nitrogens with zero attached hydrogens (tertiary/aromatic N) is 2. The quantitative estimate of drug-likeness (QED) is 0.628. The summed E-state index contributed by atoms with van der Waals surface area (Å²) in [5.41, 5.74) is 0. The largest absolute Gasteiger partial charge is 0.355 e. The van der Waals surface area contributed by atoms with Gasteiger partial charge in [0.1, 0.15) is 0 Å². The van der Waals surface area contributed by atoms with E-state index in [9.17, 15) is 4.79 Å². The molecule has 0 heterocycles. The van der Waals surface area contributed by atoms with Crippen molar-refractivity contribution in [3.05, 3.63) is 0 Å². The van der Waals surface area contributed by atoms with Gasteiger partial charge in [-0.1, -0.05) is 0 Å². The normalized spacial score (nSPS) is 9.50. The Labute approximate surface area is 73.2 Å². The minimum Gasteiger partial charge on any atom is -0.355 e. The van der Waals surface area contributed by atoms with Crippen LogP contribution in [0.25, 0.3) is 0 Å². The summed E-state index contributed by atoms with van der Waals surface area (Å²) in [6.07, 6.45) is 0.609. The van der Waals surface area contributed by atoms with Crippen LogP contribution >= 0.6 is 0 Å². The Balaban J connectivity index is 3.27. The van der Waals surface area contributed by atoms with E-state index in [0.29, 0.717) is 19.4 Å². The van der Waals surface area contributed by atoms with E-state index in [-0.39, 0.29) is 5.91 Å². The highest BCUT2D eigenvalue weighted by Crippen LogP contribution is 1.84. The SMILES string of the molecule is CN(C)CCNC(=O)CCC#N. The van der Waals surface area contributed by atoms with E-state index in [1.807, 2.05) is 25.1 Å². The van der Waals surface area contributed by atoms with Crippen LogP contribution in [-0.4, -0.2) is 38.0 Å². The van der Waals surface area contributed by atoms with Crippen LogP contribution < -0.4 is 5.32 Å². The van der Waals surface area contributed by atoms with E-state index >= 15 is 0 Å². The molecule has 68 valence electrons. The van der Waals surface area contributed by atoms with Crippen molar-refractivity contribution in [1.82, 2.24) is 10.2 Å². The summed E-state index contributed by atoms with van der Waals surface area (Å²) in [5.74, 6) is -0.0431. The minimum absolute atomic E-state index is 0.0431. The van der Waals surface area contributed by atoms with Gasteiger partial charge in [0, 0.05) is 25.9 Å². The molecule has 0 aromatic heterocycles. The first kappa shape index (κ1) is 10.9. The molecular weight excluding hydrogens is 154 g/mol. The Morgan fingerprint density at radius 2 is 2.25 bits per heavy atom. The van der Waals surface area contributed by atoms with Gasteiger partial charge in [-0.05, 0) is 14.1 Å². The standard InChI is InChI=1S/C8H15N3O/c1-11(2)7-6-10-8(12)4-3-5-9/h3-4,6-7H2,1-2H3,(H,10,12). The van der Waals surface area contributed by atoms with E-state index in [1.54, 1.807) is 0 Å². The average Bonchev–Trinajstić information content (AvgIpc) is 2.00. The van der Waals surface area contributed by atoms with Gasteiger partial charge in [0.15, 0.2) is 0 Å². The molecule has 1 amide bonds. The molecule has 0 bridgehead atoms. The number of hydrogen-bond donors (Lipinski definition) is 1. The Morgan fingerprint density at radius 3 is 2.75 bits per heavy atom. The zero-order chi connectivity index (χ0) is 9.40. The van der Waals surface area contributed by atoms with Crippen LogP contribution in [0.15, 0.2) is 0 Å². The minimum atomic E-state index is -0.0431. The van der Waals surface area contributed by atoms with Crippen LogP contribution in [0.4, 0.5) is 0 Å². The second-order valence-electron chi connectivity index (χ2n) is 2.81. The lowest BCUT2D eigenvalue weighted by Gasteiger charge is -2.09. The van der Waals surface area contributed by atoms with Crippen LogP contribution in [0.3, 0.4) is 0 Å². The summed E-state index contributed by atoms with van der Waals surface area (Å²) in [7, 11) is 3.89. The molecule has 0 rings (SSSR count). The van der Waals surface area contributed by atoms with E-state index in [4.69, 9.17) is 5.26 Å². The molecule has 0 unspecified atom stereocenters. The maximum atomic E-state index is 10.9. The van der Waals surface area contributed by atoms with Crippen molar-refractivity contribution in [1.29, 1.82) is 5.26 Å². The Kier molecular flexibility index (Phi) is 6.02. The topological polar surface area (TPSA) is 56.1 Å². The van der Waals surface area contributed by atoms with Gasteiger partial charge in [-0.3, -0.25) is 4.79 Å². The van der Waals surface area contributed by atoms with Gasteiger partial charge in [-0.25, -0.2) is 0 Å². The Morgan fingerprint density at radius 1 is 1.58 bits per heavy atom. The fraction of sp³-hybridized carbons (Fsp3) is 0.750. The van der Waals surface area contributed by atoms with Crippen LogP contribution in [0.2, 0.25) is 0 Å². The molecule has 0 aromatic rings. The molecule has 0 spiro atoms. The molecule has 0 saturated carbocycles. The maximum Gasteiger partial charge on any atom is 0.221 e. The third kappa shape index (κ3) is 7.03. The highest BCUT2D eigenvalue weighted by Gasteiger charge is 1.98. The number of likely N-dealkylation sites (N-methyl/N-ethyl adjacent to an activating group) is 1. The summed E-state index contributed by atoms with van der Waals surface area (Å²) in [5, 5.41) is 10.9. The van der Waals surface area contributed by atoms with Crippen molar-refractivity contribution in [2.24, 2.45) is 0 Å². The molecule has 1 N–H and O–H groups in total. The van der Waals surface area contributed by atoms with Gasteiger partial charge >= 0.3 is 0 Å². The molecule has 4 heteroatoms. The van der Waals surface area contributed by atoms with Gasteiger partial charge in [0.25, 0.3) is 0 Å². The fourth-order valence-electron chi connectivity index (χ4n) is 0.677. The number of hydrogen-bond acceptors (Lipinski definition) is 3. The zero-order valence-corrected chi connectivity index (χ0v) is 7.63. The smallest absolute Gasteiger partial charge is 0.221 e. The summed E-state index contributed by atoms with van der Waals surface area (Å²) >= 11 is 0. The number of carbonyl (C=O) groups is 1. The van der Waals surface area contributed by atoms with Gasteiger partial charge in [0.2, 0.25) is 5.91 Å². The lowest BCUT2D eigenvalue weighted by Crippen LogP contribution is -2.31. The molecule has 4 nitrogen and oxygen atoms in total. The van der Waals surface area contributed by atoms with E-state index in [0.717, 1.165) is 6.54 Å². The first-order valence-corrected chi connectivity index (χ1v) is 3.95. The number of carbonyl (C=O) groups excluding carboxylic acids is 1.